The molecular formula is C10H21IN2O2. The molecule has 5 heteroatoms. The van der Waals surface area contributed by atoms with Crippen LogP contribution in [0, 0.1) is 0 Å². The maximum atomic E-state index is 10.8. The SMILES string of the molecule is CNC(=O)OCC[N+]1(C)CCCCC1.[I-]. The quantitative estimate of drug-likeness (QED) is 0.480. The Labute approximate surface area is 109 Å². The summed E-state index contributed by atoms with van der Waals surface area (Å²) < 4.78 is 6.05. The number of carbonyl (C=O) groups is 1. The second kappa shape index (κ2) is 7.27. The first-order chi connectivity index (χ1) is 6.66. The minimum absolute atomic E-state index is 0. The van der Waals surface area contributed by atoms with Gasteiger partial charge in [-0.3, -0.25) is 0 Å². The van der Waals surface area contributed by atoms with Gasteiger partial charge in [-0.1, -0.05) is 0 Å². The largest absolute Gasteiger partial charge is 1.00 e. The van der Waals surface area contributed by atoms with Crippen LogP contribution in [0.25, 0.3) is 0 Å². The minimum Gasteiger partial charge on any atom is -1.00 e. The Morgan fingerprint density at radius 1 is 1.33 bits per heavy atom. The number of likely N-dealkylation sites (N-methyl/N-ethyl adjacent to an activating group) is 1. The third kappa shape index (κ3) is 5.55. The van der Waals surface area contributed by atoms with Crippen molar-refractivity contribution in [2.45, 2.75) is 19.3 Å². The van der Waals surface area contributed by atoms with E-state index in [1.165, 1.54) is 32.4 Å². The molecule has 1 rings (SSSR count). The highest BCUT2D eigenvalue weighted by Gasteiger charge is 2.24. The lowest BCUT2D eigenvalue weighted by Gasteiger charge is -2.37. The monoisotopic (exact) mass is 328 g/mol. The van der Waals surface area contributed by atoms with Crippen LogP contribution in [0.2, 0.25) is 0 Å². The van der Waals surface area contributed by atoms with Crippen molar-refractivity contribution in [3.05, 3.63) is 0 Å². The molecule has 0 radical (unpaired) electrons. The van der Waals surface area contributed by atoms with Crippen molar-refractivity contribution in [1.82, 2.24) is 5.32 Å². The van der Waals surface area contributed by atoms with E-state index in [9.17, 15) is 4.79 Å². The lowest BCUT2D eigenvalue weighted by molar-refractivity contribution is -0.914. The standard InChI is InChI=1S/C10H20N2O2.HI/c1-11-10(13)14-9-8-12(2)6-4-3-5-7-12;/h3-9H2,1-2H3;1H. The predicted octanol–water partition coefficient (Wildman–Crippen LogP) is -2.02. The van der Waals surface area contributed by atoms with E-state index < -0.39 is 0 Å². The predicted molar refractivity (Wildman–Crippen MR) is 55.0 cm³/mol. The van der Waals surface area contributed by atoms with E-state index in [0.29, 0.717) is 6.61 Å². The van der Waals surface area contributed by atoms with E-state index in [4.69, 9.17) is 4.74 Å². The number of halogens is 1. The van der Waals surface area contributed by atoms with Gasteiger partial charge in [-0.2, -0.15) is 0 Å². The molecule has 0 aromatic heterocycles. The van der Waals surface area contributed by atoms with Gasteiger partial charge in [0.2, 0.25) is 0 Å². The number of piperidine rings is 1. The van der Waals surface area contributed by atoms with Crippen molar-refractivity contribution in [3.63, 3.8) is 0 Å². The summed E-state index contributed by atoms with van der Waals surface area (Å²) in [6.07, 6.45) is 3.63. The molecule has 0 saturated carbocycles. The Morgan fingerprint density at radius 2 is 1.93 bits per heavy atom. The van der Waals surface area contributed by atoms with Crippen molar-refractivity contribution in [2.24, 2.45) is 0 Å². The Balaban J connectivity index is 0.00000196. The fourth-order valence-electron chi connectivity index (χ4n) is 1.93. The lowest BCUT2D eigenvalue weighted by atomic mass is 10.1. The molecule has 1 amide bonds. The average molecular weight is 328 g/mol. The summed E-state index contributed by atoms with van der Waals surface area (Å²) in [5.74, 6) is 0. The topological polar surface area (TPSA) is 38.3 Å². The van der Waals surface area contributed by atoms with Crippen molar-refractivity contribution in [1.29, 1.82) is 0 Å². The molecule has 1 fully saturated rings. The van der Waals surface area contributed by atoms with E-state index in [1.54, 1.807) is 7.05 Å². The average Bonchev–Trinajstić information content (AvgIpc) is 2.18. The van der Waals surface area contributed by atoms with Crippen LogP contribution in [-0.4, -0.2) is 50.9 Å². The summed E-state index contributed by atoms with van der Waals surface area (Å²) in [4.78, 5) is 10.8. The molecule has 0 aromatic rings. The number of carbonyl (C=O) groups excluding carboxylic acids is 1. The van der Waals surface area contributed by atoms with Crippen molar-refractivity contribution >= 4 is 6.09 Å². The number of hydrogen-bond acceptors (Lipinski definition) is 2. The number of alkyl carbamates (subject to hydrolysis) is 1. The summed E-state index contributed by atoms with van der Waals surface area (Å²) in [7, 11) is 3.83. The summed E-state index contributed by atoms with van der Waals surface area (Å²) >= 11 is 0. The molecule has 0 bridgehead atoms. The fourth-order valence-corrected chi connectivity index (χ4v) is 1.93. The van der Waals surface area contributed by atoms with Crippen molar-refractivity contribution in [2.75, 3.05) is 40.3 Å². The highest BCUT2D eigenvalue weighted by Crippen LogP contribution is 2.15. The van der Waals surface area contributed by atoms with E-state index in [2.05, 4.69) is 12.4 Å². The zero-order valence-corrected chi connectivity index (χ0v) is 11.7. The molecule has 1 N–H and O–H groups in total. The van der Waals surface area contributed by atoms with E-state index in [-0.39, 0.29) is 30.1 Å². The van der Waals surface area contributed by atoms with Gasteiger partial charge in [-0.15, -0.1) is 0 Å². The summed E-state index contributed by atoms with van der Waals surface area (Å²) in [6, 6.07) is 0. The summed E-state index contributed by atoms with van der Waals surface area (Å²) in [5, 5.41) is 2.45. The van der Waals surface area contributed by atoms with Gasteiger partial charge in [0.15, 0.2) is 0 Å². The lowest BCUT2D eigenvalue weighted by Crippen LogP contribution is -3.00. The van der Waals surface area contributed by atoms with Crippen LogP contribution in [0.5, 0.6) is 0 Å². The first-order valence-corrected chi connectivity index (χ1v) is 5.34. The molecule has 0 aliphatic carbocycles. The Bertz CT molecular complexity index is 194. The number of nitrogens with zero attached hydrogens (tertiary/aromatic N) is 1. The van der Waals surface area contributed by atoms with Gasteiger partial charge in [0.1, 0.15) is 13.2 Å². The molecule has 90 valence electrons. The van der Waals surface area contributed by atoms with E-state index in [1.807, 2.05) is 0 Å². The number of likely N-dealkylation sites (tertiary alicyclic amines) is 1. The molecule has 1 saturated heterocycles. The highest BCUT2D eigenvalue weighted by molar-refractivity contribution is 5.66. The Kier molecular flexibility index (Phi) is 7.25. The first kappa shape index (κ1) is 15.0. The van der Waals surface area contributed by atoms with Gasteiger partial charge in [0.25, 0.3) is 0 Å². The number of amides is 1. The molecule has 0 spiro atoms. The molecule has 0 aromatic carbocycles. The molecule has 15 heavy (non-hydrogen) atoms. The third-order valence-electron chi connectivity index (χ3n) is 2.96. The van der Waals surface area contributed by atoms with Gasteiger partial charge in [0, 0.05) is 7.05 Å². The highest BCUT2D eigenvalue weighted by atomic mass is 127. The zero-order valence-electron chi connectivity index (χ0n) is 9.59. The molecule has 1 aliphatic rings. The van der Waals surface area contributed by atoms with Crippen molar-refractivity contribution in [3.8, 4) is 0 Å². The van der Waals surface area contributed by atoms with Gasteiger partial charge in [0.05, 0.1) is 20.1 Å². The number of ether oxygens (including phenoxy) is 1. The van der Waals surface area contributed by atoms with Crippen LogP contribution in [0.15, 0.2) is 0 Å². The van der Waals surface area contributed by atoms with Gasteiger partial charge in [-0.25, -0.2) is 4.79 Å². The molecule has 4 nitrogen and oxygen atoms in total. The van der Waals surface area contributed by atoms with E-state index in [0.717, 1.165) is 11.0 Å². The molecule has 1 heterocycles. The molecule has 1 aliphatic heterocycles. The minimum atomic E-state index is -0.325. The zero-order chi connectivity index (χ0) is 10.4. The Morgan fingerprint density at radius 3 is 2.47 bits per heavy atom. The summed E-state index contributed by atoms with van der Waals surface area (Å²) in [6.45, 7) is 3.90. The van der Waals surface area contributed by atoms with Gasteiger partial charge >= 0.3 is 6.09 Å². The third-order valence-corrected chi connectivity index (χ3v) is 2.96. The maximum Gasteiger partial charge on any atom is 0.407 e. The van der Waals surface area contributed by atoms with E-state index >= 15 is 0 Å². The van der Waals surface area contributed by atoms with Gasteiger partial charge in [-0.05, 0) is 19.3 Å². The van der Waals surface area contributed by atoms with Crippen LogP contribution in [-0.2, 0) is 4.74 Å². The van der Waals surface area contributed by atoms with Crippen LogP contribution in [0.4, 0.5) is 4.79 Å². The second-order valence-electron chi connectivity index (χ2n) is 4.24. The second-order valence-corrected chi connectivity index (χ2v) is 4.24. The van der Waals surface area contributed by atoms with Crippen LogP contribution in [0.3, 0.4) is 0 Å². The smallest absolute Gasteiger partial charge is 0.407 e. The maximum absolute atomic E-state index is 10.8. The number of rotatable bonds is 3. The number of hydrogen-bond donors (Lipinski definition) is 1. The number of nitrogens with one attached hydrogen (secondary N) is 1. The first-order valence-electron chi connectivity index (χ1n) is 5.34. The number of quaternary nitrogens is 1. The molecular weight excluding hydrogens is 307 g/mol. The molecule has 0 unspecified atom stereocenters. The van der Waals surface area contributed by atoms with Crippen LogP contribution < -0.4 is 29.3 Å². The fraction of sp³-hybridized carbons (Fsp3) is 0.900. The van der Waals surface area contributed by atoms with Crippen LogP contribution in [0.1, 0.15) is 19.3 Å². The summed E-state index contributed by atoms with van der Waals surface area (Å²) in [5.41, 5.74) is 0. The molecule has 0 atom stereocenters. The Hall–Kier alpha value is -0.0400. The normalized spacial score (nSPS) is 18.8. The van der Waals surface area contributed by atoms with Crippen molar-refractivity contribution < 1.29 is 38.0 Å². The van der Waals surface area contributed by atoms with Crippen LogP contribution >= 0.6 is 0 Å². The van der Waals surface area contributed by atoms with Gasteiger partial charge < -0.3 is 38.5 Å².